The summed E-state index contributed by atoms with van der Waals surface area (Å²) in [4.78, 5) is 15.4. The number of rotatable bonds is 4. The summed E-state index contributed by atoms with van der Waals surface area (Å²) in [6.45, 7) is 0. The van der Waals surface area contributed by atoms with Crippen molar-refractivity contribution in [2.45, 2.75) is 0 Å². The van der Waals surface area contributed by atoms with E-state index in [1.165, 1.54) is 0 Å². The number of aliphatic imine (C=N–C) groups is 2. The van der Waals surface area contributed by atoms with Gasteiger partial charge in [-0.1, -0.05) is 72.8 Å². The van der Waals surface area contributed by atoms with Crippen LogP contribution in [0.25, 0.3) is 0 Å². The normalized spacial score (nSPS) is 9.71. The molecule has 0 aromatic heterocycles. The first-order chi connectivity index (χ1) is 22.2. The fourth-order valence-corrected chi connectivity index (χ4v) is 3.65. The molecule has 0 aliphatic heterocycles. The fraction of sp³-hybridized carbons (Fsp3) is 0.176. The summed E-state index contributed by atoms with van der Waals surface area (Å²) in [5, 5.41) is 30.5. The molecule has 4 aromatic rings. The number of hydrogen-bond acceptors (Lipinski definition) is 6. The van der Waals surface area contributed by atoms with E-state index in [4.69, 9.17) is 32.5 Å². The first-order valence-electron chi connectivity index (χ1n) is 14.1. The first-order valence-corrected chi connectivity index (χ1v) is 14.1. The third-order valence-corrected chi connectivity index (χ3v) is 5.76. The Kier molecular flexibility index (Phi) is 27.5. The average Bonchev–Trinajstić information content (AvgIpc) is 3.09. The predicted molar refractivity (Wildman–Crippen MR) is 192 cm³/mol. The molecule has 0 bridgehead atoms. The van der Waals surface area contributed by atoms with Crippen molar-refractivity contribution in [3.05, 3.63) is 121 Å². The Bertz CT molecular complexity index is 1390. The summed E-state index contributed by atoms with van der Waals surface area (Å²) in [5.74, 6) is 1.01. The molecule has 0 spiro atoms. The van der Waals surface area contributed by atoms with Crippen LogP contribution in [0.4, 0.5) is 22.7 Å². The minimum absolute atomic E-state index is 0. The van der Waals surface area contributed by atoms with Gasteiger partial charge in [0.2, 0.25) is 23.8 Å². The Morgan fingerprint density at radius 2 is 0.714 bits per heavy atom. The number of aliphatic hydroxyl groups is 2. The summed E-state index contributed by atoms with van der Waals surface area (Å²) in [5.41, 5.74) is 15.4. The van der Waals surface area contributed by atoms with Crippen LogP contribution in [0.5, 0.6) is 0 Å². The third-order valence-electron chi connectivity index (χ3n) is 5.76. The molecular formula is C34H46Cl2N10O2Pt. The zero-order chi connectivity index (χ0) is 34.5. The molecule has 268 valence electrons. The molecule has 4 rings (SSSR count). The van der Waals surface area contributed by atoms with Crippen molar-refractivity contribution in [2.24, 2.45) is 21.5 Å². The first kappa shape index (κ1) is 48.9. The Labute approximate surface area is 316 Å². The van der Waals surface area contributed by atoms with Gasteiger partial charge in [-0.05, 0) is 48.5 Å². The quantitative estimate of drug-likeness (QED) is 0.106. The number of benzene rings is 4. The van der Waals surface area contributed by atoms with E-state index >= 15 is 0 Å². The summed E-state index contributed by atoms with van der Waals surface area (Å²) in [7, 11) is 9.20. The van der Waals surface area contributed by atoms with Crippen molar-refractivity contribution in [1.29, 1.82) is 10.8 Å². The number of halogens is 2. The van der Waals surface area contributed by atoms with E-state index in [2.05, 4.69) is 9.98 Å². The molecule has 0 aliphatic rings. The zero-order valence-corrected chi connectivity index (χ0v) is 32.1. The Morgan fingerprint density at radius 1 is 0.490 bits per heavy atom. The molecule has 0 atom stereocenters. The molecule has 8 N–H and O–H groups in total. The molecule has 0 fully saturated rings. The molecule has 0 saturated heterocycles. The van der Waals surface area contributed by atoms with Crippen LogP contribution in [0.15, 0.2) is 131 Å². The van der Waals surface area contributed by atoms with Crippen molar-refractivity contribution in [1.82, 2.24) is 9.80 Å². The van der Waals surface area contributed by atoms with Crippen molar-refractivity contribution in [3.8, 4) is 0 Å². The van der Waals surface area contributed by atoms with E-state index in [0.29, 0.717) is 0 Å². The second-order valence-electron chi connectivity index (χ2n) is 9.39. The number of aliphatic hydroxyl groups excluding tert-OH is 2. The van der Waals surface area contributed by atoms with Gasteiger partial charge in [0, 0.05) is 42.4 Å². The second-order valence-corrected chi connectivity index (χ2v) is 9.39. The van der Waals surface area contributed by atoms with Gasteiger partial charge in [-0.15, -0.1) is 0 Å². The molecule has 0 saturated carbocycles. The number of para-hydroxylation sites is 4. The maximum Gasteiger partial charge on any atom is 2.00 e. The molecule has 0 unspecified atom stereocenters. The molecule has 49 heavy (non-hydrogen) atoms. The van der Waals surface area contributed by atoms with Gasteiger partial charge >= 0.3 is 21.1 Å². The molecule has 12 nitrogen and oxygen atoms in total. The van der Waals surface area contributed by atoms with E-state index in [0.717, 1.165) is 37.0 Å². The molecule has 0 aliphatic carbocycles. The van der Waals surface area contributed by atoms with Gasteiger partial charge in [0.1, 0.15) is 0 Å². The predicted octanol–water partition coefficient (Wildman–Crippen LogP) is -1.51. The topological polar surface area (TPSA) is 178 Å². The number of nitrogens with two attached hydrogens (primary N) is 2. The van der Waals surface area contributed by atoms with Gasteiger partial charge in [-0.3, -0.25) is 20.6 Å². The van der Waals surface area contributed by atoms with Crippen LogP contribution >= 0.6 is 0 Å². The molecule has 0 heterocycles. The van der Waals surface area contributed by atoms with Crippen LogP contribution < -0.4 is 46.1 Å². The van der Waals surface area contributed by atoms with E-state index < -0.39 is 0 Å². The fourth-order valence-electron chi connectivity index (χ4n) is 3.65. The smallest absolute Gasteiger partial charge is 1.00 e. The SMILES string of the molecule is CN(C)C(=N)N(C(N)=Nc1ccccc1)c1ccccc1.CN(C)C(=N)N(C(N)=Nc1ccccc1)c1ccccc1.CO.CO.[Cl-].[Cl-].[Pt+2]. The Hall–Kier alpha value is -4.45. The summed E-state index contributed by atoms with van der Waals surface area (Å²) >= 11 is 0. The van der Waals surface area contributed by atoms with Crippen LogP contribution in [0.2, 0.25) is 0 Å². The Morgan fingerprint density at radius 3 is 0.939 bits per heavy atom. The van der Waals surface area contributed by atoms with Crippen molar-refractivity contribution in [3.63, 3.8) is 0 Å². The number of hydrogen-bond donors (Lipinski definition) is 6. The summed E-state index contributed by atoms with van der Waals surface area (Å²) in [6.07, 6.45) is 0. The van der Waals surface area contributed by atoms with Crippen molar-refractivity contribution in [2.75, 3.05) is 52.2 Å². The number of anilines is 2. The third kappa shape index (κ3) is 16.5. The molecular weight excluding hydrogens is 846 g/mol. The molecule has 4 aromatic carbocycles. The van der Waals surface area contributed by atoms with E-state index in [-0.39, 0.29) is 69.7 Å². The molecule has 15 heteroatoms. The van der Waals surface area contributed by atoms with E-state index in [1.54, 1.807) is 47.8 Å². The standard InChI is InChI=1S/2C16H19N5.2CH4O.2ClH.Pt/c2*1-20(2)16(18)21(14-11-7-4-8-12-14)15(17)19-13-9-5-3-6-10-13;2*1-2;;;/h2*3-12,18H,1-2H3,(H2,17,19);2*2H,1H3;2*1H;/q;;;;;;+2/p-2. The minimum Gasteiger partial charge on any atom is -1.00 e. The zero-order valence-electron chi connectivity index (χ0n) is 28.4. The molecule has 0 amide bonds. The van der Waals surface area contributed by atoms with Crippen LogP contribution in [-0.2, 0) is 21.1 Å². The van der Waals surface area contributed by atoms with Crippen LogP contribution in [0, 0.1) is 10.8 Å². The monoisotopic (exact) mass is 891 g/mol. The maximum absolute atomic E-state index is 8.23. The van der Waals surface area contributed by atoms with Gasteiger partial charge in [0.15, 0.2) is 0 Å². The summed E-state index contributed by atoms with van der Waals surface area (Å²) < 4.78 is 0. The van der Waals surface area contributed by atoms with Crippen LogP contribution in [0.3, 0.4) is 0 Å². The van der Waals surface area contributed by atoms with Gasteiger partial charge in [-0.2, -0.15) is 0 Å². The van der Waals surface area contributed by atoms with Crippen LogP contribution in [0.1, 0.15) is 0 Å². The number of nitrogens with one attached hydrogen (secondary N) is 2. The second kappa shape index (κ2) is 27.5. The van der Waals surface area contributed by atoms with Crippen LogP contribution in [-0.4, -0.2) is 86.3 Å². The maximum atomic E-state index is 8.23. The van der Waals surface area contributed by atoms with E-state index in [1.807, 2.05) is 121 Å². The Balaban J connectivity index is -0.000000742. The number of nitrogens with zero attached hydrogens (tertiary/aromatic N) is 6. The largest absolute Gasteiger partial charge is 2.00 e. The van der Waals surface area contributed by atoms with Gasteiger partial charge in [0.25, 0.3) is 0 Å². The van der Waals surface area contributed by atoms with Crippen molar-refractivity contribution >= 4 is 46.6 Å². The van der Waals surface area contributed by atoms with E-state index in [9.17, 15) is 0 Å². The molecule has 0 radical (unpaired) electrons. The van der Waals surface area contributed by atoms with Gasteiger partial charge in [0.05, 0.1) is 22.7 Å². The van der Waals surface area contributed by atoms with Crippen molar-refractivity contribution < 1.29 is 56.1 Å². The number of guanidine groups is 4. The summed E-state index contributed by atoms with van der Waals surface area (Å²) in [6, 6.07) is 38.0. The van der Waals surface area contributed by atoms with Gasteiger partial charge in [-0.25, -0.2) is 9.98 Å². The average molecular weight is 893 g/mol. The van der Waals surface area contributed by atoms with Gasteiger partial charge < -0.3 is 56.3 Å². The minimum atomic E-state index is 0.